The molecule has 4 atom stereocenters. The third kappa shape index (κ3) is 3.71. The topological polar surface area (TPSA) is 133 Å². The van der Waals surface area contributed by atoms with Crippen LogP contribution in [0, 0.1) is 11.8 Å². The summed E-state index contributed by atoms with van der Waals surface area (Å²) in [4.78, 5) is 25.1. The second-order valence-electron chi connectivity index (χ2n) is 9.41. The molecule has 0 spiro atoms. The highest BCUT2D eigenvalue weighted by atomic mass is 16.7. The molecule has 196 valence electrons. The standard InChI is InChI=1S/C28H25NO9/c1-34-22-8-14(7-19(30)26(22)31)23-16-9-20-21(38-12-37-20)10-17(16)25(18-11-36-28(33)24(18)23)29-15-5-3-13(4-6-15)27(32)35-2/h3-10,18,23-25,29-31H,11-12H2,1-2H3/t18-,23+,24-,25?/m0/s1. The van der Waals surface area contributed by atoms with Crippen LogP contribution < -0.4 is 19.5 Å². The number of hydrogen-bond acceptors (Lipinski definition) is 10. The Balaban J connectivity index is 1.49. The molecule has 0 bridgehead atoms. The highest BCUT2D eigenvalue weighted by Crippen LogP contribution is 2.56. The Labute approximate surface area is 217 Å². The van der Waals surface area contributed by atoms with Crippen LogP contribution in [0.25, 0.3) is 0 Å². The van der Waals surface area contributed by atoms with Crippen molar-refractivity contribution in [2.45, 2.75) is 12.0 Å². The maximum Gasteiger partial charge on any atom is 0.337 e. The van der Waals surface area contributed by atoms with Gasteiger partial charge in [-0.25, -0.2) is 4.79 Å². The van der Waals surface area contributed by atoms with E-state index in [0.29, 0.717) is 22.6 Å². The van der Waals surface area contributed by atoms with Crippen molar-refractivity contribution in [2.75, 3.05) is 32.9 Å². The van der Waals surface area contributed by atoms with Gasteiger partial charge < -0.3 is 39.2 Å². The Hall–Kier alpha value is -4.60. The zero-order valence-corrected chi connectivity index (χ0v) is 20.6. The zero-order chi connectivity index (χ0) is 26.6. The Morgan fingerprint density at radius 3 is 2.37 bits per heavy atom. The van der Waals surface area contributed by atoms with Crippen LogP contribution in [0.3, 0.4) is 0 Å². The molecule has 0 radical (unpaired) electrons. The average Bonchev–Trinajstić information content (AvgIpc) is 3.55. The highest BCUT2D eigenvalue weighted by molar-refractivity contribution is 5.89. The van der Waals surface area contributed by atoms with E-state index >= 15 is 0 Å². The quantitative estimate of drug-likeness (QED) is 0.338. The Kier molecular flexibility index (Phi) is 5.67. The number of cyclic esters (lactones) is 1. The molecule has 6 rings (SSSR count). The summed E-state index contributed by atoms with van der Waals surface area (Å²) in [6.07, 6.45) is 0. The van der Waals surface area contributed by atoms with Crippen molar-refractivity contribution in [3.05, 3.63) is 70.8 Å². The SMILES string of the molecule is COC(=O)c1ccc(NC2c3cc4c(cc3[C@@H](c3cc(O)c(O)c(OC)c3)[C@H]3C(=O)OC[C@H]23)OCO4)cc1. The third-order valence-electron chi connectivity index (χ3n) is 7.47. The van der Waals surface area contributed by atoms with E-state index in [-0.39, 0.29) is 48.6 Å². The van der Waals surface area contributed by atoms with Crippen LogP contribution in [0.2, 0.25) is 0 Å². The Morgan fingerprint density at radius 2 is 1.68 bits per heavy atom. The molecule has 3 aromatic carbocycles. The Morgan fingerprint density at radius 1 is 0.974 bits per heavy atom. The van der Waals surface area contributed by atoms with E-state index in [1.54, 1.807) is 30.3 Å². The molecular formula is C28H25NO9. The first kappa shape index (κ1) is 23.8. The first-order valence-electron chi connectivity index (χ1n) is 12.0. The van der Waals surface area contributed by atoms with Gasteiger partial charge in [0.1, 0.15) is 0 Å². The number of ether oxygens (including phenoxy) is 5. The van der Waals surface area contributed by atoms with Crippen LogP contribution in [0.5, 0.6) is 28.7 Å². The van der Waals surface area contributed by atoms with E-state index in [4.69, 9.17) is 23.7 Å². The first-order valence-corrected chi connectivity index (χ1v) is 12.0. The van der Waals surface area contributed by atoms with Gasteiger partial charge in [-0.1, -0.05) is 0 Å². The van der Waals surface area contributed by atoms with Crippen molar-refractivity contribution >= 4 is 17.6 Å². The minimum absolute atomic E-state index is 0.0820. The van der Waals surface area contributed by atoms with Crippen LogP contribution in [-0.4, -0.2) is 49.8 Å². The largest absolute Gasteiger partial charge is 0.504 e. The predicted octanol–water partition coefficient (Wildman–Crippen LogP) is 3.71. The second kappa shape index (κ2) is 9.05. The molecule has 3 aliphatic rings. The summed E-state index contributed by atoms with van der Waals surface area (Å²) in [5.41, 5.74) is 3.43. The van der Waals surface area contributed by atoms with Gasteiger partial charge >= 0.3 is 11.9 Å². The molecule has 3 N–H and O–H groups in total. The summed E-state index contributed by atoms with van der Waals surface area (Å²) >= 11 is 0. The third-order valence-corrected chi connectivity index (χ3v) is 7.47. The number of carbonyl (C=O) groups is 2. The Bertz CT molecular complexity index is 1440. The fraction of sp³-hybridized carbons (Fsp3) is 0.286. The molecule has 0 amide bonds. The zero-order valence-electron chi connectivity index (χ0n) is 20.6. The lowest BCUT2D eigenvalue weighted by molar-refractivity contribution is -0.141. The molecule has 0 aromatic heterocycles. The van der Waals surface area contributed by atoms with E-state index in [1.807, 2.05) is 12.1 Å². The molecule has 1 fully saturated rings. The molecule has 2 heterocycles. The fourth-order valence-electron chi connectivity index (χ4n) is 5.70. The summed E-state index contributed by atoms with van der Waals surface area (Å²) in [6.45, 7) is 0.270. The average molecular weight is 520 g/mol. The van der Waals surface area contributed by atoms with E-state index in [2.05, 4.69) is 5.32 Å². The molecular weight excluding hydrogens is 494 g/mol. The number of nitrogens with one attached hydrogen (secondary N) is 1. The molecule has 38 heavy (non-hydrogen) atoms. The van der Waals surface area contributed by atoms with E-state index < -0.39 is 17.8 Å². The van der Waals surface area contributed by atoms with Gasteiger partial charge in [0.25, 0.3) is 0 Å². The van der Waals surface area contributed by atoms with Crippen LogP contribution in [0.1, 0.15) is 39.0 Å². The fourth-order valence-corrected chi connectivity index (χ4v) is 5.70. The van der Waals surface area contributed by atoms with Crippen molar-refractivity contribution in [3.8, 4) is 28.7 Å². The minimum Gasteiger partial charge on any atom is -0.504 e. The lowest BCUT2D eigenvalue weighted by atomic mass is 9.65. The molecule has 0 saturated carbocycles. The highest BCUT2D eigenvalue weighted by Gasteiger charge is 2.52. The van der Waals surface area contributed by atoms with Gasteiger partial charge in [-0.2, -0.15) is 0 Å². The number of benzene rings is 3. The van der Waals surface area contributed by atoms with E-state index in [9.17, 15) is 19.8 Å². The van der Waals surface area contributed by atoms with Crippen LogP contribution in [0.15, 0.2) is 48.5 Å². The van der Waals surface area contributed by atoms with Crippen molar-refractivity contribution in [3.63, 3.8) is 0 Å². The smallest absolute Gasteiger partial charge is 0.337 e. The summed E-state index contributed by atoms with van der Waals surface area (Å²) < 4.78 is 27.0. The number of phenolic OH excluding ortho intramolecular Hbond substituents is 2. The van der Waals surface area contributed by atoms with Gasteiger partial charge in [0.05, 0.1) is 38.3 Å². The lowest BCUT2D eigenvalue weighted by Crippen LogP contribution is -2.37. The number of anilines is 1. The van der Waals surface area contributed by atoms with Gasteiger partial charge in [0.2, 0.25) is 12.5 Å². The summed E-state index contributed by atoms with van der Waals surface area (Å²) in [6, 6.07) is 13.4. The number of phenols is 2. The number of rotatable bonds is 5. The molecule has 1 saturated heterocycles. The molecule has 1 aliphatic carbocycles. The summed E-state index contributed by atoms with van der Waals surface area (Å²) in [7, 11) is 2.72. The lowest BCUT2D eigenvalue weighted by Gasteiger charge is -2.40. The second-order valence-corrected chi connectivity index (χ2v) is 9.41. The molecule has 10 heteroatoms. The molecule has 2 aliphatic heterocycles. The number of esters is 2. The summed E-state index contributed by atoms with van der Waals surface area (Å²) in [5.74, 6) is -1.67. The van der Waals surface area contributed by atoms with E-state index in [0.717, 1.165) is 16.8 Å². The summed E-state index contributed by atoms with van der Waals surface area (Å²) in [5, 5.41) is 24.2. The first-order chi connectivity index (χ1) is 18.4. The predicted molar refractivity (Wildman–Crippen MR) is 133 cm³/mol. The number of hydrogen-bond donors (Lipinski definition) is 3. The van der Waals surface area contributed by atoms with Gasteiger partial charge in [-0.3, -0.25) is 4.79 Å². The normalized spacial score (nSPS) is 22.7. The number of methoxy groups -OCH3 is 2. The maximum absolute atomic E-state index is 13.2. The van der Waals surface area contributed by atoms with E-state index in [1.165, 1.54) is 20.3 Å². The van der Waals surface area contributed by atoms with Gasteiger partial charge in [-0.15, -0.1) is 0 Å². The van der Waals surface area contributed by atoms with Gasteiger partial charge in [0.15, 0.2) is 23.0 Å². The maximum atomic E-state index is 13.2. The van der Waals surface area contributed by atoms with Crippen LogP contribution in [-0.2, 0) is 14.3 Å². The number of carbonyl (C=O) groups excluding carboxylic acids is 2. The van der Waals surface area contributed by atoms with Crippen molar-refractivity contribution in [1.29, 1.82) is 0 Å². The van der Waals surface area contributed by atoms with Crippen LogP contribution in [0.4, 0.5) is 5.69 Å². The van der Waals surface area contributed by atoms with Gasteiger partial charge in [0, 0.05) is 17.5 Å². The van der Waals surface area contributed by atoms with Crippen molar-refractivity contribution in [2.24, 2.45) is 11.8 Å². The molecule has 3 aromatic rings. The van der Waals surface area contributed by atoms with Crippen LogP contribution >= 0.6 is 0 Å². The van der Waals surface area contributed by atoms with Gasteiger partial charge in [-0.05, 0) is 65.2 Å². The number of aromatic hydroxyl groups is 2. The molecule has 1 unspecified atom stereocenters. The monoisotopic (exact) mass is 519 g/mol. The number of fused-ring (bicyclic) bond motifs is 3. The molecule has 10 nitrogen and oxygen atoms in total. The van der Waals surface area contributed by atoms with Crippen molar-refractivity contribution < 1.29 is 43.5 Å². The van der Waals surface area contributed by atoms with Crippen molar-refractivity contribution in [1.82, 2.24) is 0 Å². The minimum atomic E-state index is -0.594.